The van der Waals surface area contributed by atoms with E-state index in [9.17, 15) is 4.79 Å². The van der Waals surface area contributed by atoms with Gasteiger partial charge in [-0.2, -0.15) is 5.26 Å². The number of carbonyl (C=O) groups excluding carboxylic acids is 1. The van der Waals surface area contributed by atoms with E-state index >= 15 is 0 Å². The quantitative estimate of drug-likeness (QED) is 0.311. The summed E-state index contributed by atoms with van der Waals surface area (Å²) in [5.74, 6) is -1.07. The monoisotopic (exact) mass is 472 g/mol. The SMILES string of the molecule is N#CCC1C=NC(C2CCCC2)(C(C(=O)NC2CNCCC2OC2CCNCC2)C(N)N)N=C1. The first-order valence-corrected chi connectivity index (χ1v) is 12.9. The van der Waals surface area contributed by atoms with Crippen molar-refractivity contribution in [3.8, 4) is 6.07 Å². The molecule has 3 atom stereocenters. The highest BCUT2D eigenvalue weighted by molar-refractivity contribution is 5.88. The number of nitrogens with zero attached hydrogens (tertiary/aromatic N) is 3. The Morgan fingerprint density at radius 2 is 1.79 bits per heavy atom. The van der Waals surface area contributed by atoms with Gasteiger partial charge in [0.2, 0.25) is 5.91 Å². The topological polar surface area (TPSA) is 163 Å². The van der Waals surface area contributed by atoms with Gasteiger partial charge in [0, 0.05) is 37.2 Å². The predicted octanol–water partition coefficient (Wildman–Crippen LogP) is 0.0330. The summed E-state index contributed by atoms with van der Waals surface area (Å²) in [4.78, 5) is 23.5. The summed E-state index contributed by atoms with van der Waals surface area (Å²) in [7, 11) is 0. The summed E-state index contributed by atoms with van der Waals surface area (Å²) in [6, 6.07) is 2.00. The van der Waals surface area contributed by atoms with Gasteiger partial charge in [-0.05, 0) is 51.7 Å². The second kappa shape index (κ2) is 11.7. The number of nitriles is 1. The number of rotatable bonds is 8. The second-order valence-electron chi connectivity index (χ2n) is 10.1. The van der Waals surface area contributed by atoms with E-state index in [0.717, 1.165) is 64.6 Å². The van der Waals surface area contributed by atoms with E-state index in [0.29, 0.717) is 13.0 Å². The molecule has 3 unspecified atom stereocenters. The van der Waals surface area contributed by atoms with Crippen molar-refractivity contribution in [3.63, 3.8) is 0 Å². The smallest absolute Gasteiger partial charge is 0.230 e. The molecule has 0 aromatic carbocycles. The Balaban J connectivity index is 1.52. The third-order valence-electron chi connectivity index (χ3n) is 7.75. The lowest BCUT2D eigenvalue weighted by Gasteiger charge is -2.43. The van der Waals surface area contributed by atoms with Gasteiger partial charge in [-0.25, -0.2) is 0 Å². The minimum atomic E-state index is -1.02. The van der Waals surface area contributed by atoms with Gasteiger partial charge >= 0.3 is 0 Å². The normalized spacial score (nSPS) is 33.6. The largest absolute Gasteiger partial charge is 0.373 e. The third kappa shape index (κ3) is 5.66. The van der Waals surface area contributed by atoms with E-state index in [1.807, 2.05) is 0 Å². The Labute approximate surface area is 202 Å². The minimum absolute atomic E-state index is 0.0521. The molecule has 3 fully saturated rings. The van der Waals surface area contributed by atoms with Gasteiger partial charge < -0.3 is 32.2 Å². The number of carbonyl (C=O) groups is 1. The molecule has 0 spiro atoms. The van der Waals surface area contributed by atoms with Crippen LogP contribution in [0.1, 0.15) is 51.4 Å². The first kappa shape index (κ1) is 25.2. The third-order valence-corrected chi connectivity index (χ3v) is 7.75. The first-order chi connectivity index (χ1) is 16.5. The zero-order valence-corrected chi connectivity index (χ0v) is 20.0. The molecule has 2 saturated heterocycles. The van der Waals surface area contributed by atoms with Crippen molar-refractivity contribution in [1.82, 2.24) is 16.0 Å². The highest BCUT2D eigenvalue weighted by Gasteiger charge is 2.52. The Morgan fingerprint density at radius 3 is 2.44 bits per heavy atom. The molecule has 3 aliphatic heterocycles. The number of amides is 1. The van der Waals surface area contributed by atoms with Crippen molar-refractivity contribution < 1.29 is 9.53 Å². The van der Waals surface area contributed by atoms with Crippen LogP contribution in [0, 0.1) is 29.1 Å². The van der Waals surface area contributed by atoms with Crippen LogP contribution in [-0.2, 0) is 9.53 Å². The molecule has 1 saturated carbocycles. The summed E-state index contributed by atoms with van der Waals surface area (Å²) in [6.45, 7) is 3.43. The summed E-state index contributed by atoms with van der Waals surface area (Å²) in [5.41, 5.74) is 11.5. The molecular weight excluding hydrogens is 432 g/mol. The summed E-state index contributed by atoms with van der Waals surface area (Å²) < 4.78 is 6.45. The van der Waals surface area contributed by atoms with Gasteiger partial charge in [-0.15, -0.1) is 0 Å². The van der Waals surface area contributed by atoms with Crippen LogP contribution in [0.4, 0.5) is 0 Å². The maximum absolute atomic E-state index is 13.8. The van der Waals surface area contributed by atoms with E-state index in [2.05, 4.69) is 22.0 Å². The van der Waals surface area contributed by atoms with Crippen LogP contribution in [0.25, 0.3) is 0 Å². The van der Waals surface area contributed by atoms with Crippen LogP contribution in [0.3, 0.4) is 0 Å². The molecule has 0 aromatic rings. The highest BCUT2D eigenvalue weighted by Crippen LogP contribution is 2.44. The van der Waals surface area contributed by atoms with E-state index < -0.39 is 17.7 Å². The maximum Gasteiger partial charge on any atom is 0.230 e. The summed E-state index contributed by atoms with van der Waals surface area (Å²) in [5, 5.41) is 19.0. The fourth-order valence-electron chi connectivity index (χ4n) is 5.93. The van der Waals surface area contributed by atoms with E-state index in [1.165, 1.54) is 0 Å². The number of hydrogen-bond donors (Lipinski definition) is 5. The van der Waals surface area contributed by atoms with Crippen molar-refractivity contribution in [3.05, 3.63) is 0 Å². The predicted molar refractivity (Wildman–Crippen MR) is 131 cm³/mol. The van der Waals surface area contributed by atoms with Gasteiger partial charge in [0.15, 0.2) is 5.66 Å². The number of piperidine rings is 2. The molecular formula is C24H40N8O2. The molecule has 0 aromatic heterocycles. The number of ether oxygens (including phenoxy) is 1. The summed E-state index contributed by atoms with van der Waals surface area (Å²) >= 11 is 0. The lowest BCUT2D eigenvalue weighted by atomic mass is 9.77. The molecule has 4 aliphatic rings. The lowest BCUT2D eigenvalue weighted by Crippen LogP contribution is -2.63. The van der Waals surface area contributed by atoms with Crippen molar-refractivity contribution in [2.75, 3.05) is 26.2 Å². The zero-order chi connectivity index (χ0) is 24.0. The molecule has 34 heavy (non-hydrogen) atoms. The number of nitrogens with one attached hydrogen (secondary N) is 3. The van der Waals surface area contributed by atoms with Gasteiger partial charge in [0.1, 0.15) is 5.92 Å². The van der Waals surface area contributed by atoms with Gasteiger partial charge in [-0.1, -0.05) is 12.8 Å². The van der Waals surface area contributed by atoms with Crippen LogP contribution < -0.4 is 27.4 Å². The second-order valence-corrected chi connectivity index (χ2v) is 10.1. The van der Waals surface area contributed by atoms with Crippen LogP contribution in [0.2, 0.25) is 0 Å². The molecule has 7 N–H and O–H groups in total. The molecule has 3 heterocycles. The Kier molecular flexibility index (Phi) is 8.66. The van der Waals surface area contributed by atoms with Crippen LogP contribution in [0.5, 0.6) is 0 Å². The Morgan fingerprint density at radius 1 is 1.12 bits per heavy atom. The number of hydrogen-bond acceptors (Lipinski definition) is 9. The zero-order valence-electron chi connectivity index (χ0n) is 20.0. The highest BCUT2D eigenvalue weighted by atomic mass is 16.5. The number of aliphatic imine (C=N–C) groups is 2. The first-order valence-electron chi connectivity index (χ1n) is 12.9. The average Bonchev–Trinajstić information content (AvgIpc) is 3.38. The summed E-state index contributed by atoms with van der Waals surface area (Å²) in [6.07, 6.45) is 9.91. The Hall–Kier alpha value is -1.90. The van der Waals surface area contributed by atoms with E-state index in [1.54, 1.807) is 12.4 Å². The molecule has 10 nitrogen and oxygen atoms in total. The fourth-order valence-corrected chi connectivity index (χ4v) is 5.93. The maximum atomic E-state index is 13.8. The molecule has 0 radical (unpaired) electrons. The molecule has 1 amide bonds. The lowest BCUT2D eigenvalue weighted by molar-refractivity contribution is -0.132. The van der Waals surface area contributed by atoms with Crippen molar-refractivity contribution in [2.45, 2.75) is 81.4 Å². The van der Waals surface area contributed by atoms with E-state index in [4.69, 9.17) is 31.5 Å². The van der Waals surface area contributed by atoms with Crippen molar-refractivity contribution in [2.24, 2.45) is 39.2 Å². The number of nitrogens with two attached hydrogens (primary N) is 2. The standard InChI is InChI=1S/C24H40N8O2/c25-9-5-16-13-30-24(31-14-16,17-3-1-2-4-17)21(22(26)27)23(33)32-19-15-29-12-8-20(19)34-18-6-10-28-11-7-18/h13-14,16-22,28-29H,1-8,10-12,15,26-27H2,(H,32,33). The van der Waals surface area contributed by atoms with Gasteiger partial charge in [0.25, 0.3) is 0 Å². The molecule has 1 aliphatic carbocycles. The van der Waals surface area contributed by atoms with Crippen LogP contribution in [0.15, 0.2) is 9.98 Å². The average molecular weight is 473 g/mol. The van der Waals surface area contributed by atoms with Gasteiger partial charge in [-0.3, -0.25) is 14.8 Å². The molecule has 188 valence electrons. The minimum Gasteiger partial charge on any atom is -0.373 e. The van der Waals surface area contributed by atoms with Crippen LogP contribution >= 0.6 is 0 Å². The van der Waals surface area contributed by atoms with E-state index in [-0.39, 0.29) is 36.0 Å². The molecule has 10 heteroatoms. The molecule has 0 bridgehead atoms. The van der Waals surface area contributed by atoms with Crippen LogP contribution in [-0.4, -0.2) is 74.6 Å². The van der Waals surface area contributed by atoms with Crippen molar-refractivity contribution >= 4 is 18.3 Å². The van der Waals surface area contributed by atoms with Crippen molar-refractivity contribution in [1.29, 1.82) is 5.26 Å². The van der Waals surface area contributed by atoms with Gasteiger partial charge in [0.05, 0.1) is 30.5 Å². The fraction of sp³-hybridized carbons (Fsp3) is 0.833. The Bertz CT molecular complexity index is 768. The molecule has 4 rings (SSSR count).